The topological polar surface area (TPSA) is 17.0 Å². The average Bonchev–Trinajstić information content (AvgIpc) is 2.89. The number of nitrogens with one attached hydrogen (secondary N) is 1. The summed E-state index contributed by atoms with van der Waals surface area (Å²) in [7, 11) is 0. The van der Waals surface area contributed by atoms with Crippen molar-refractivity contribution in [1.82, 2.24) is 9.88 Å². The predicted octanol–water partition coefficient (Wildman–Crippen LogP) is 3.88. The second kappa shape index (κ2) is 6.66. The Bertz CT molecular complexity index is 543. The van der Waals surface area contributed by atoms with E-state index in [1.807, 2.05) is 18.5 Å². The molecule has 0 saturated heterocycles. The minimum atomic E-state index is -0.502. The molecule has 1 unspecified atom stereocenters. The molecule has 0 amide bonds. The monoisotopic (exact) mass is 278 g/mol. The molecular formula is C16H20F2N2. The average molecular weight is 278 g/mol. The Balaban J connectivity index is 2.10. The molecule has 0 radical (unpaired) electrons. The van der Waals surface area contributed by atoms with Crippen molar-refractivity contribution in [1.29, 1.82) is 0 Å². The highest BCUT2D eigenvalue weighted by Crippen LogP contribution is 2.17. The first-order valence-electron chi connectivity index (χ1n) is 6.93. The van der Waals surface area contributed by atoms with Gasteiger partial charge in [-0.3, -0.25) is 0 Å². The summed E-state index contributed by atoms with van der Waals surface area (Å²) in [4.78, 5) is 0. The SMILES string of the molecule is CCCNC(C)c1ccn(Cc2c(F)cccc2F)c1. The molecule has 1 aromatic carbocycles. The van der Waals surface area contributed by atoms with E-state index < -0.39 is 11.6 Å². The van der Waals surface area contributed by atoms with Gasteiger partial charge in [0.05, 0.1) is 6.54 Å². The molecule has 0 fully saturated rings. The van der Waals surface area contributed by atoms with Gasteiger partial charge in [0.25, 0.3) is 0 Å². The fraction of sp³-hybridized carbons (Fsp3) is 0.375. The zero-order valence-electron chi connectivity index (χ0n) is 11.9. The fourth-order valence-electron chi connectivity index (χ4n) is 2.16. The van der Waals surface area contributed by atoms with Gasteiger partial charge in [0.15, 0.2) is 0 Å². The van der Waals surface area contributed by atoms with E-state index in [1.54, 1.807) is 4.57 Å². The van der Waals surface area contributed by atoms with Crippen molar-refractivity contribution in [3.63, 3.8) is 0 Å². The van der Waals surface area contributed by atoms with E-state index >= 15 is 0 Å². The number of hydrogen-bond donors (Lipinski definition) is 1. The smallest absolute Gasteiger partial charge is 0.131 e. The van der Waals surface area contributed by atoms with E-state index in [4.69, 9.17) is 0 Å². The van der Waals surface area contributed by atoms with E-state index in [0.29, 0.717) is 0 Å². The second-order valence-electron chi connectivity index (χ2n) is 4.99. The molecule has 0 bridgehead atoms. The first-order valence-corrected chi connectivity index (χ1v) is 6.93. The quantitative estimate of drug-likeness (QED) is 0.848. The van der Waals surface area contributed by atoms with Gasteiger partial charge in [-0.05, 0) is 43.7 Å². The molecule has 0 aliphatic carbocycles. The summed E-state index contributed by atoms with van der Waals surface area (Å²) >= 11 is 0. The Morgan fingerprint density at radius 1 is 1.20 bits per heavy atom. The van der Waals surface area contributed by atoms with Gasteiger partial charge >= 0.3 is 0 Å². The largest absolute Gasteiger partial charge is 0.349 e. The normalized spacial score (nSPS) is 12.6. The van der Waals surface area contributed by atoms with Crippen LogP contribution < -0.4 is 5.32 Å². The van der Waals surface area contributed by atoms with Gasteiger partial charge in [-0.1, -0.05) is 13.0 Å². The van der Waals surface area contributed by atoms with Gasteiger partial charge in [0, 0.05) is 24.0 Å². The molecule has 0 saturated carbocycles. The maximum atomic E-state index is 13.6. The maximum absolute atomic E-state index is 13.6. The lowest BCUT2D eigenvalue weighted by molar-refractivity contribution is 0.543. The van der Waals surface area contributed by atoms with Gasteiger partial charge in [-0.2, -0.15) is 0 Å². The van der Waals surface area contributed by atoms with Crippen LogP contribution in [0.4, 0.5) is 8.78 Å². The lowest BCUT2D eigenvalue weighted by atomic mass is 10.2. The van der Waals surface area contributed by atoms with Crippen LogP contribution in [0.2, 0.25) is 0 Å². The summed E-state index contributed by atoms with van der Waals surface area (Å²) < 4.78 is 29.0. The van der Waals surface area contributed by atoms with Crippen LogP contribution in [0.25, 0.3) is 0 Å². The molecule has 2 aromatic rings. The van der Waals surface area contributed by atoms with Crippen molar-refractivity contribution >= 4 is 0 Å². The van der Waals surface area contributed by atoms with Crippen molar-refractivity contribution in [3.8, 4) is 0 Å². The Hall–Kier alpha value is -1.68. The molecule has 108 valence electrons. The number of hydrogen-bond acceptors (Lipinski definition) is 1. The highest BCUT2D eigenvalue weighted by atomic mass is 19.1. The lowest BCUT2D eigenvalue weighted by Gasteiger charge is -2.11. The molecule has 1 heterocycles. The molecule has 0 aliphatic rings. The highest BCUT2D eigenvalue weighted by molar-refractivity contribution is 5.22. The summed E-state index contributed by atoms with van der Waals surface area (Å²) in [6.07, 6.45) is 4.86. The Kier molecular flexibility index (Phi) is 4.90. The summed E-state index contributed by atoms with van der Waals surface area (Å²) in [5, 5.41) is 3.39. The van der Waals surface area contributed by atoms with E-state index in [1.165, 1.54) is 18.2 Å². The van der Waals surface area contributed by atoms with Crippen LogP contribution >= 0.6 is 0 Å². The molecule has 0 spiro atoms. The van der Waals surface area contributed by atoms with Crippen LogP contribution in [-0.2, 0) is 6.54 Å². The summed E-state index contributed by atoms with van der Waals surface area (Å²) in [6.45, 7) is 5.36. The summed E-state index contributed by atoms with van der Waals surface area (Å²) in [5.41, 5.74) is 1.22. The zero-order chi connectivity index (χ0) is 14.5. The lowest BCUT2D eigenvalue weighted by Crippen LogP contribution is -2.18. The first kappa shape index (κ1) is 14.7. The summed E-state index contributed by atoms with van der Waals surface area (Å²) in [5.74, 6) is -1.00. The van der Waals surface area contributed by atoms with Gasteiger partial charge < -0.3 is 9.88 Å². The molecule has 0 aliphatic heterocycles. The van der Waals surface area contributed by atoms with E-state index in [9.17, 15) is 8.78 Å². The van der Waals surface area contributed by atoms with Crippen molar-refractivity contribution in [2.75, 3.05) is 6.54 Å². The minimum absolute atomic E-state index is 0.101. The standard InChI is InChI=1S/C16H20F2N2/c1-3-8-19-12(2)13-7-9-20(10-13)11-14-15(17)5-4-6-16(14)18/h4-7,9-10,12,19H,3,8,11H2,1-2H3. The van der Waals surface area contributed by atoms with Crippen LogP contribution in [0.1, 0.15) is 37.4 Å². The van der Waals surface area contributed by atoms with Crippen molar-refractivity contribution in [2.24, 2.45) is 0 Å². The number of benzene rings is 1. The van der Waals surface area contributed by atoms with Gasteiger partial charge in [-0.25, -0.2) is 8.78 Å². The number of aromatic nitrogens is 1. The molecular weight excluding hydrogens is 258 g/mol. The molecule has 1 N–H and O–H groups in total. The van der Waals surface area contributed by atoms with Crippen LogP contribution in [0.5, 0.6) is 0 Å². The van der Waals surface area contributed by atoms with Gasteiger partial charge in [-0.15, -0.1) is 0 Å². The Morgan fingerprint density at radius 2 is 1.90 bits per heavy atom. The highest BCUT2D eigenvalue weighted by Gasteiger charge is 2.10. The molecule has 1 atom stereocenters. The number of halogens is 2. The molecule has 2 nitrogen and oxygen atoms in total. The zero-order valence-corrected chi connectivity index (χ0v) is 11.9. The third-order valence-electron chi connectivity index (χ3n) is 3.38. The predicted molar refractivity (Wildman–Crippen MR) is 76.6 cm³/mol. The number of rotatable bonds is 6. The Morgan fingerprint density at radius 3 is 2.55 bits per heavy atom. The number of nitrogens with zero attached hydrogens (tertiary/aromatic N) is 1. The Labute approximate surface area is 118 Å². The van der Waals surface area contributed by atoms with Crippen LogP contribution in [0, 0.1) is 11.6 Å². The van der Waals surface area contributed by atoms with Crippen molar-refractivity contribution < 1.29 is 8.78 Å². The fourth-order valence-corrected chi connectivity index (χ4v) is 2.16. The molecule has 4 heteroatoms. The second-order valence-corrected chi connectivity index (χ2v) is 4.99. The van der Waals surface area contributed by atoms with E-state index in [2.05, 4.69) is 19.2 Å². The summed E-state index contributed by atoms with van der Waals surface area (Å²) in [6, 6.07) is 6.17. The molecule has 1 aromatic heterocycles. The third-order valence-corrected chi connectivity index (χ3v) is 3.38. The van der Waals surface area contributed by atoms with E-state index in [-0.39, 0.29) is 18.2 Å². The molecule has 20 heavy (non-hydrogen) atoms. The van der Waals surface area contributed by atoms with Crippen molar-refractivity contribution in [2.45, 2.75) is 32.9 Å². The van der Waals surface area contributed by atoms with Gasteiger partial charge in [0.1, 0.15) is 11.6 Å². The van der Waals surface area contributed by atoms with Crippen molar-refractivity contribution in [3.05, 3.63) is 59.4 Å². The third kappa shape index (κ3) is 3.45. The van der Waals surface area contributed by atoms with E-state index in [0.717, 1.165) is 18.5 Å². The van der Waals surface area contributed by atoms with Crippen LogP contribution in [-0.4, -0.2) is 11.1 Å². The molecule has 2 rings (SSSR count). The van der Waals surface area contributed by atoms with Crippen LogP contribution in [0.3, 0.4) is 0 Å². The first-order chi connectivity index (χ1) is 9.61. The maximum Gasteiger partial charge on any atom is 0.131 e. The van der Waals surface area contributed by atoms with Gasteiger partial charge in [0.2, 0.25) is 0 Å². The minimum Gasteiger partial charge on any atom is -0.349 e. The van der Waals surface area contributed by atoms with Crippen LogP contribution in [0.15, 0.2) is 36.7 Å².